The van der Waals surface area contributed by atoms with Crippen molar-refractivity contribution in [3.63, 3.8) is 0 Å². The Morgan fingerprint density at radius 2 is 2.20 bits per heavy atom. The Bertz CT molecular complexity index is 185. The van der Waals surface area contributed by atoms with E-state index in [1.807, 2.05) is 6.08 Å². The summed E-state index contributed by atoms with van der Waals surface area (Å²) in [6.07, 6.45) is 10.1. The van der Waals surface area contributed by atoms with Crippen molar-refractivity contribution < 1.29 is 5.11 Å². The van der Waals surface area contributed by atoms with Gasteiger partial charge in [-0.25, -0.2) is 0 Å². The topological polar surface area (TPSA) is 20.2 Å². The molecule has 1 heteroatoms. The Morgan fingerprint density at radius 3 is 2.80 bits per heavy atom. The maximum atomic E-state index is 8.31. The third kappa shape index (κ3) is 6.82. The van der Waals surface area contributed by atoms with Gasteiger partial charge in [0.15, 0.2) is 0 Å². The van der Waals surface area contributed by atoms with Crippen LogP contribution in [0, 0.1) is 24.2 Å². The maximum Gasteiger partial charge on any atom is 0.0612 e. The zero-order valence-corrected chi connectivity index (χ0v) is 5.80. The third-order valence-electron chi connectivity index (χ3n) is 0.869. The number of hydrogen-bond acceptors (Lipinski definition) is 1. The Hall–Kier alpha value is -1.18. The molecule has 0 radical (unpaired) electrons. The van der Waals surface area contributed by atoms with Crippen LogP contribution in [0.15, 0.2) is 12.2 Å². The minimum Gasteiger partial charge on any atom is -0.392 e. The van der Waals surface area contributed by atoms with Crippen LogP contribution in [0.5, 0.6) is 0 Å². The molecule has 0 fully saturated rings. The SMILES string of the molecule is C#CC#CCC/C=C\CO. The first kappa shape index (κ1) is 8.82. The number of hydrogen-bond donors (Lipinski definition) is 1. The van der Waals surface area contributed by atoms with Gasteiger partial charge in [0.2, 0.25) is 0 Å². The second kappa shape index (κ2) is 7.82. The molecule has 0 aromatic rings. The lowest BCUT2D eigenvalue weighted by atomic mass is 10.3. The Balaban J connectivity index is 3.22. The molecule has 52 valence electrons. The van der Waals surface area contributed by atoms with Gasteiger partial charge in [-0.05, 0) is 18.3 Å². The van der Waals surface area contributed by atoms with Gasteiger partial charge in [-0.2, -0.15) is 0 Å². The van der Waals surface area contributed by atoms with E-state index in [0.29, 0.717) is 0 Å². The van der Waals surface area contributed by atoms with E-state index in [1.165, 1.54) is 0 Å². The molecule has 0 aliphatic carbocycles. The Kier molecular flexibility index (Phi) is 6.90. The van der Waals surface area contributed by atoms with Crippen molar-refractivity contribution >= 4 is 0 Å². The molecule has 0 unspecified atom stereocenters. The highest BCUT2D eigenvalue weighted by molar-refractivity contribution is 5.21. The molecule has 0 amide bonds. The zero-order valence-electron chi connectivity index (χ0n) is 5.80. The predicted molar refractivity (Wildman–Crippen MR) is 42.1 cm³/mol. The highest BCUT2D eigenvalue weighted by atomic mass is 16.2. The van der Waals surface area contributed by atoms with Crippen LogP contribution in [-0.2, 0) is 0 Å². The van der Waals surface area contributed by atoms with Crippen LogP contribution in [-0.4, -0.2) is 11.7 Å². The molecular weight excluding hydrogens is 124 g/mol. The van der Waals surface area contributed by atoms with Crippen LogP contribution < -0.4 is 0 Å². The van der Waals surface area contributed by atoms with Gasteiger partial charge in [0, 0.05) is 6.42 Å². The summed E-state index contributed by atoms with van der Waals surface area (Å²) in [6, 6.07) is 0. The van der Waals surface area contributed by atoms with Gasteiger partial charge < -0.3 is 5.11 Å². The summed E-state index contributed by atoms with van der Waals surface area (Å²) in [5, 5.41) is 8.31. The molecule has 0 aliphatic rings. The molecule has 0 atom stereocenters. The standard InChI is InChI=1S/C9H10O/c1-2-3-4-5-6-7-8-9-10/h1,7-8,10H,5-6,9H2/b8-7-. The minimum atomic E-state index is 0.0998. The lowest BCUT2D eigenvalue weighted by Crippen LogP contribution is -1.71. The molecule has 0 bridgehead atoms. The fourth-order valence-electron chi connectivity index (χ4n) is 0.461. The molecule has 0 aromatic carbocycles. The molecule has 0 spiro atoms. The van der Waals surface area contributed by atoms with Gasteiger partial charge in [-0.1, -0.05) is 18.1 Å². The van der Waals surface area contributed by atoms with E-state index < -0.39 is 0 Å². The van der Waals surface area contributed by atoms with Crippen LogP contribution >= 0.6 is 0 Å². The van der Waals surface area contributed by atoms with Gasteiger partial charge in [0.25, 0.3) is 0 Å². The van der Waals surface area contributed by atoms with Gasteiger partial charge in [0.05, 0.1) is 6.61 Å². The van der Waals surface area contributed by atoms with E-state index in [9.17, 15) is 0 Å². The van der Waals surface area contributed by atoms with Crippen molar-refractivity contribution in [3.05, 3.63) is 12.2 Å². The molecule has 0 aliphatic heterocycles. The molecule has 0 saturated heterocycles. The molecule has 1 N–H and O–H groups in total. The summed E-state index contributed by atoms with van der Waals surface area (Å²) in [4.78, 5) is 0. The number of terminal acetylenes is 1. The Labute approximate surface area is 61.8 Å². The van der Waals surface area contributed by atoms with Gasteiger partial charge in [-0.3, -0.25) is 0 Å². The second-order valence-corrected chi connectivity index (χ2v) is 1.64. The van der Waals surface area contributed by atoms with Crippen molar-refractivity contribution in [1.29, 1.82) is 0 Å². The van der Waals surface area contributed by atoms with Crippen LogP contribution in [0.1, 0.15) is 12.8 Å². The van der Waals surface area contributed by atoms with Crippen molar-refractivity contribution in [2.45, 2.75) is 12.8 Å². The molecule has 0 heterocycles. The maximum absolute atomic E-state index is 8.31. The van der Waals surface area contributed by atoms with E-state index >= 15 is 0 Å². The van der Waals surface area contributed by atoms with Crippen molar-refractivity contribution in [2.75, 3.05) is 6.61 Å². The lowest BCUT2D eigenvalue weighted by molar-refractivity contribution is 0.342. The molecule has 0 saturated carbocycles. The molecule has 1 nitrogen and oxygen atoms in total. The number of allylic oxidation sites excluding steroid dienone is 1. The average Bonchev–Trinajstić information content (AvgIpc) is 1.97. The largest absolute Gasteiger partial charge is 0.392 e. The lowest BCUT2D eigenvalue weighted by Gasteiger charge is -1.80. The highest BCUT2D eigenvalue weighted by Gasteiger charge is 1.73. The number of aliphatic hydroxyl groups is 1. The summed E-state index contributed by atoms with van der Waals surface area (Å²) >= 11 is 0. The number of unbranched alkanes of at least 4 members (excludes halogenated alkanes) is 1. The van der Waals surface area contributed by atoms with Gasteiger partial charge in [0.1, 0.15) is 0 Å². The first-order valence-corrected chi connectivity index (χ1v) is 3.11. The normalized spacial score (nSPS) is 8.40. The summed E-state index contributed by atoms with van der Waals surface area (Å²) in [5.74, 6) is 7.51. The first-order chi connectivity index (χ1) is 4.91. The molecule has 0 rings (SSSR count). The van der Waals surface area contributed by atoms with Crippen molar-refractivity contribution in [2.24, 2.45) is 0 Å². The van der Waals surface area contributed by atoms with Crippen LogP contribution in [0.3, 0.4) is 0 Å². The van der Waals surface area contributed by atoms with Crippen molar-refractivity contribution in [1.82, 2.24) is 0 Å². The first-order valence-electron chi connectivity index (χ1n) is 3.11. The highest BCUT2D eigenvalue weighted by Crippen LogP contribution is 1.87. The monoisotopic (exact) mass is 134 g/mol. The average molecular weight is 134 g/mol. The summed E-state index contributed by atoms with van der Waals surface area (Å²) in [5.41, 5.74) is 0. The molecular formula is C9H10O. The van der Waals surface area contributed by atoms with Gasteiger partial charge >= 0.3 is 0 Å². The van der Waals surface area contributed by atoms with Crippen LogP contribution in [0.2, 0.25) is 0 Å². The minimum absolute atomic E-state index is 0.0998. The number of rotatable bonds is 3. The summed E-state index contributed by atoms with van der Waals surface area (Å²) < 4.78 is 0. The second-order valence-electron chi connectivity index (χ2n) is 1.64. The van der Waals surface area contributed by atoms with E-state index in [-0.39, 0.29) is 6.61 Å². The molecule has 0 aromatic heterocycles. The zero-order chi connectivity index (χ0) is 7.66. The predicted octanol–water partition coefficient (Wildman–Crippen LogP) is 0.952. The molecule has 10 heavy (non-hydrogen) atoms. The summed E-state index contributed by atoms with van der Waals surface area (Å²) in [6.45, 7) is 0.0998. The van der Waals surface area contributed by atoms with Crippen LogP contribution in [0.25, 0.3) is 0 Å². The third-order valence-corrected chi connectivity index (χ3v) is 0.869. The van der Waals surface area contributed by atoms with Gasteiger partial charge in [-0.15, -0.1) is 6.42 Å². The summed E-state index contributed by atoms with van der Waals surface area (Å²) in [7, 11) is 0. The fourth-order valence-corrected chi connectivity index (χ4v) is 0.461. The fraction of sp³-hybridized carbons (Fsp3) is 0.333. The van der Waals surface area contributed by atoms with E-state index in [4.69, 9.17) is 11.5 Å². The number of aliphatic hydroxyl groups excluding tert-OH is 1. The smallest absolute Gasteiger partial charge is 0.0612 e. The van der Waals surface area contributed by atoms with E-state index in [1.54, 1.807) is 6.08 Å². The quantitative estimate of drug-likeness (QED) is 0.346. The van der Waals surface area contributed by atoms with Crippen molar-refractivity contribution in [3.8, 4) is 24.2 Å². The van der Waals surface area contributed by atoms with Crippen LogP contribution in [0.4, 0.5) is 0 Å². The van der Waals surface area contributed by atoms with E-state index in [0.717, 1.165) is 12.8 Å². The Morgan fingerprint density at radius 1 is 1.40 bits per heavy atom. The van der Waals surface area contributed by atoms with E-state index in [2.05, 4.69) is 17.8 Å².